The number of thioether (sulfide) groups is 1. The van der Waals surface area contributed by atoms with E-state index in [0.29, 0.717) is 6.04 Å². The molecule has 0 aromatic carbocycles. The summed E-state index contributed by atoms with van der Waals surface area (Å²) in [6, 6.07) is -0.793. The summed E-state index contributed by atoms with van der Waals surface area (Å²) in [6.07, 6.45) is 2.14. The van der Waals surface area contributed by atoms with E-state index in [-0.39, 0.29) is 11.9 Å². The number of carbonyl (C=O) groups is 2. The third-order valence-corrected chi connectivity index (χ3v) is 3.40. The number of amides is 3. The summed E-state index contributed by atoms with van der Waals surface area (Å²) < 4.78 is 0. The lowest BCUT2D eigenvalue weighted by molar-refractivity contribution is -0.121. The summed E-state index contributed by atoms with van der Waals surface area (Å²) in [7, 11) is 0. The van der Waals surface area contributed by atoms with Crippen molar-refractivity contribution in [2.45, 2.75) is 31.8 Å². The van der Waals surface area contributed by atoms with Gasteiger partial charge in [-0.15, -0.1) is 0 Å². The van der Waals surface area contributed by atoms with Gasteiger partial charge in [-0.2, -0.15) is 11.8 Å². The fourth-order valence-corrected chi connectivity index (χ4v) is 2.63. The van der Waals surface area contributed by atoms with Crippen LogP contribution in [0, 0.1) is 0 Å². The Labute approximate surface area is 93.5 Å². The molecule has 3 amide bonds. The minimum Gasteiger partial charge on any atom is -0.351 e. The van der Waals surface area contributed by atoms with Crippen LogP contribution in [0.25, 0.3) is 0 Å². The summed E-state index contributed by atoms with van der Waals surface area (Å²) in [6.45, 7) is 1.74. The number of hydrogen-bond donors (Lipinski definition) is 3. The molecular formula is C9H17N3O2S. The molecule has 1 rings (SSSR count). The van der Waals surface area contributed by atoms with E-state index in [9.17, 15) is 9.59 Å². The standard InChI is InChI=1S/C9H17N3O2S/c1-6(8(13)12-9(10)14)11-7-2-4-15-5-3-7/h6-7,11H,2-5H2,1H3,(H3,10,12,13,14). The van der Waals surface area contributed by atoms with Gasteiger partial charge in [-0.1, -0.05) is 0 Å². The van der Waals surface area contributed by atoms with Crippen molar-refractivity contribution >= 4 is 23.7 Å². The maximum Gasteiger partial charge on any atom is 0.318 e. The monoisotopic (exact) mass is 231 g/mol. The number of nitrogens with two attached hydrogens (primary N) is 1. The quantitative estimate of drug-likeness (QED) is 0.641. The average Bonchev–Trinajstić information content (AvgIpc) is 2.18. The Bertz CT molecular complexity index is 242. The molecule has 0 aromatic rings. The van der Waals surface area contributed by atoms with Gasteiger partial charge >= 0.3 is 6.03 Å². The van der Waals surface area contributed by atoms with Gasteiger partial charge < -0.3 is 11.1 Å². The molecule has 6 heteroatoms. The van der Waals surface area contributed by atoms with Crippen LogP contribution in [0.5, 0.6) is 0 Å². The van der Waals surface area contributed by atoms with Gasteiger partial charge in [0.1, 0.15) is 0 Å². The number of nitrogens with one attached hydrogen (secondary N) is 2. The number of rotatable bonds is 3. The molecule has 0 aromatic heterocycles. The maximum atomic E-state index is 11.3. The molecule has 4 N–H and O–H groups in total. The second kappa shape index (κ2) is 5.97. The third-order valence-electron chi connectivity index (χ3n) is 2.35. The highest BCUT2D eigenvalue weighted by Gasteiger charge is 2.20. The van der Waals surface area contributed by atoms with Crippen LogP contribution in [-0.4, -0.2) is 35.5 Å². The van der Waals surface area contributed by atoms with E-state index in [4.69, 9.17) is 5.73 Å². The lowest BCUT2D eigenvalue weighted by atomic mass is 10.1. The van der Waals surface area contributed by atoms with E-state index in [2.05, 4.69) is 10.6 Å². The molecule has 1 aliphatic rings. The summed E-state index contributed by atoms with van der Waals surface area (Å²) in [5.41, 5.74) is 4.86. The molecule has 86 valence electrons. The topological polar surface area (TPSA) is 84.2 Å². The normalized spacial score (nSPS) is 19.5. The lowest BCUT2D eigenvalue weighted by Gasteiger charge is -2.25. The average molecular weight is 231 g/mol. The van der Waals surface area contributed by atoms with E-state index in [1.165, 1.54) is 0 Å². The van der Waals surface area contributed by atoms with E-state index >= 15 is 0 Å². The Hall–Kier alpha value is -0.750. The van der Waals surface area contributed by atoms with Crippen LogP contribution in [0.1, 0.15) is 19.8 Å². The molecule has 1 heterocycles. The van der Waals surface area contributed by atoms with Crippen LogP contribution >= 0.6 is 11.8 Å². The van der Waals surface area contributed by atoms with Gasteiger partial charge in [0, 0.05) is 6.04 Å². The molecule has 1 saturated heterocycles. The minimum atomic E-state index is -0.798. The van der Waals surface area contributed by atoms with E-state index < -0.39 is 6.03 Å². The van der Waals surface area contributed by atoms with Crippen LogP contribution in [0.3, 0.4) is 0 Å². The molecule has 0 spiro atoms. The van der Waals surface area contributed by atoms with E-state index in [0.717, 1.165) is 24.3 Å². The zero-order valence-electron chi connectivity index (χ0n) is 8.79. The van der Waals surface area contributed by atoms with Crippen molar-refractivity contribution in [2.75, 3.05) is 11.5 Å². The van der Waals surface area contributed by atoms with Crippen molar-refractivity contribution in [3.8, 4) is 0 Å². The SMILES string of the molecule is CC(NC1CCSCC1)C(=O)NC(N)=O. The molecule has 15 heavy (non-hydrogen) atoms. The van der Waals surface area contributed by atoms with Gasteiger partial charge in [0.2, 0.25) is 5.91 Å². The Balaban J connectivity index is 2.29. The van der Waals surface area contributed by atoms with Gasteiger partial charge in [0.05, 0.1) is 6.04 Å². The Kier molecular flexibility index (Phi) is 4.90. The van der Waals surface area contributed by atoms with Gasteiger partial charge in [-0.3, -0.25) is 10.1 Å². The van der Waals surface area contributed by atoms with Gasteiger partial charge in [-0.05, 0) is 31.3 Å². The molecular weight excluding hydrogens is 214 g/mol. The number of urea groups is 1. The summed E-state index contributed by atoms with van der Waals surface area (Å²) in [5.74, 6) is 1.89. The highest BCUT2D eigenvalue weighted by Crippen LogP contribution is 2.17. The van der Waals surface area contributed by atoms with Gasteiger partial charge in [-0.25, -0.2) is 4.79 Å². The lowest BCUT2D eigenvalue weighted by Crippen LogP contribution is -2.50. The largest absolute Gasteiger partial charge is 0.351 e. The minimum absolute atomic E-state index is 0.360. The summed E-state index contributed by atoms with van der Waals surface area (Å²) in [4.78, 5) is 21.8. The van der Waals surface area contributed by atoms with Gasteiger partial charge in [0.15, 0.2) is 0 Å². The first-order chi connectivity index (χ1) is 7.09. The highest BCUT2D eigenvalue weighted by atomic mass is 32.2. The zero-order chi connectivity index (χ0) is 11.3. The van der Waals surface area contributed by atoms with Crippen LogP contribution in [0.2, 0.25) is 0 Å². The van der Waals surface area contributed by atoms with Crippen LogP contribution in [0.15, 0.2) is 0 Å². The molecule has 5 nitrogen and oxygen atoms in total. The predicted octanol–water partition coefficient (Wildman–Crippen LogP) is 0.0550. The molecule has 0 radical (unpaired) electrons. The fraction of sp³-hybridized carbons (Fsp3) is 0.778. The van der Waals surface area contributed by atoms with Crippen molar-refractivity contribution in [3.05, 3.63) is 0 Å². The van der Waals surface area contributed by atoms with Crippen LogP contribution < -0.4 is 16.4 Å². The predicted molar refractivity (Wildman–Crippen MR) is 60.7 cm³/mol. The van der Waals surface area contributed by atoms with E-state index in [1.807, 2.05) is 11.8 Å². The second-order valence-corrected chi connectivity index (χ2v) is 4.85. The second-order valence-electron chi connectivity index (χ2n) is 3.63. The van der Waals surface area contributed by atoms with Crippen molar-refractivity contribution < 1.29 is 9.59 Å². The van der Waals surface area contributed by atoms with E-state index in [1.54, 1.807) is 6.92 Å². The first-order valence-electron chi connectivity index (χ1n) is 5.03. The Morgan fingerprint density at radius 3 is 2.53 bits per heavy atom. The maximum absolute atomic E-state index is 11.3. The van der Waals surface area contributed by atoms with Crippen molar-refractivity contribution in [1.82, 2.24) is 10.6 Å². The number of imide groups is 1. The molecule has 1 fully saturated rings. The van der Waals surface area contributed by atoms with Gasteiger partial charge in [0.25, 0.3) is 0 Å². The first-order valence-corrected chi connectivity index (χ1v) is 6.19. The van der Waals surface area contributed by atoms with Crippen molar-refractivity contribution in [1.29, 1.82) is 0 Å². The first kappa shape index (κ1) is 12.3. The summed E-state index contributed by atoms with van der Waals surface area (Å²) >= 11 is 1.93. The van der Waals surface area contributed by atoms with Crippen molar-refractivity contribution in [2.24, 2.45) is 5.73 Å². The molecule has 0 saturated carbocycles. The summed E-state index contributed by atoms with van der Waals surface area (Å²) in [5, 5.41) is 5.26. The number of primary amides is 1. The van der Waals surface area contributed by atoms with Crippen LogP contribution in [-0.2, 0) is 4.79 Å². The van der Waals surface area contributed by atoms with Crippen LogP contribution in [0.4, 0.5) is 4.79 Å². The number of carbonyl (C=O) groups excluding carboxylic acids is 2. The third kappa shape index (κ3) is 4.53. The fourth-order valence-electron chi connectivity index (χ4n) is 1.52. The number of hydrogen-bond acceptors (Lipinski definition) is 4. The molecule has 0 bridgehead atoms. The molecule has 1 unspecified atom stereocenters. The zero-order valence-corrected chi connectivity index (χ0v) is 9.60. The smallest absolute Gasteiger partial charge is 0.318 e. The van der Waals surface area contributed by atoms with Crippen molar-refractivity contribution in [3.63, 3.8) is 0 Å². The molecule has 1 aliphatic heterocycles. The Morgan fingerprint density at radius 2 is 2.00 bits per heavy atom. The highest BCUT2D eigenvalue weighted by molar-refractivity contribution is 7.99. The molecule has 0 aliphatic carbocycles. The molecule has 1 atom stereocenters. The Morgan fingerprint density at radius 1 is 1.40 bits per heavy atom.